The second kappa shape index (κ2) is 7.21. The minimum absolute atomic E-state index is 0.0237. The highest BCUT2D eigenvalue weighted by Gasteiger charge is 2.19. The van der Waals surface area contributed by atoms with E-state index in [2.05, 4.69) is 5.32 Å². The van der Waals surface area contributed by atoms with Crippen molar-refractivity contribution in [2.24, 2.45) is 5.92 Å². The number of nitrogens with zero attached hydrogens (tertiary/aromatic N) is 1. The van der Waals surface area contributed by atoms with Crippen molar-refractivity contribution in [1.82, 2.24) is 5.32 Å². The number of hydrogen-bond donors (Lipinski definition) is 2. The van der Waals surface area contributed by atoms with Crippen molar-refractivity contribution in [3.8, 4) is 0 Å². The molecule has 0 aliphatic rings. The van der Waals surface area contributed by atoms with Gasteiger partial charge in [-0.1, -0.05) is 25.4 Å². The lowest BCUT2D eigenvalue weighted by atomic mass is 10.0. The van der Waals surface area contributed by atoms with Gasteiger partial charge >= 0.3 is 0 Å². The number of halogens is 1. The normalized spacial score (nSPS) is 12.2. The molecule has 1 amide bonds. The first-order valence-corrected chi connectivity index (χ1v) is 6.60. The average Bonchev–Trinajstić information content (AvgIpc) is 2.37. The molecule has 1 unspecified atom stereocenters. The number of carbonyl (C=O) groups excluding carboxylic acids is 1. The van der Waals surface area contributed by atoms with Crippen LogP contribution in [0.3, 0.4) is 0 Å². The number of nitrogens with one attached hydrogen (secondary N) is 1. The van der Waals surface area contributed by atoms with E-state index in [4.69, 9.17) is 16.7 Å². The molecule has 0 aliphatic heterocycles. The molecule has 0 heterocycles. The summed E-state index contributed by atoms with van der Waals surface area (Å²) in [6, 6.07) is 3.66. The van der Waals surface area contributed by atoms with E-state index in [9.17, 15) is 14.9 Å². The van der Waals surface area contributed by atoms with Gasteiger partial charge in [-0.15, -0.1) is 0 Å². The molecule has 0 fully saturated rings. The van der Waals surface area contributed by atoms with Gasteiger partial charge in [-0.05, 0) is 24.5 Å². The van der Waals surface area contributed by atoms with Crippen molar-refractivity contribution < 1.29 is 14.8 Å². The SMILES string of the molecule is CC(C)C(CCO)NC(=O)c1ccc([N+](=O)[O-])c(Cl)c1. The van der Waals surface area contributed by atoms with Crippen molar-refractivity contribution in [2.45, 2.75) is 26.3 Å². The molecule has 20 heavy (non-hydrogen) atoms. The third kappa shape index (κ3) is 4.18. The van der Waals surface area contributed by atoms with Crippen LogP contribution in [0.1, 0.15) is 30.6 Å². The summed E-state index contributed by atoms with van der Waals surface area (Å²) in [7, 11) is 0. The maximum Gasteiger partial charge on any atom is 0.287 e. The number of nitro groups is 1. The zero-order chi connectivity index (χ0) is 15.3. The Morgan fingerprint density at radius 3 is 2.60 bits per heavy atom. The van der Waals surface area contributed by atoms with Crippen LogP contribution in [-0.2, 0) is 0 Å². The van der Waals surface area contributed by atoms with E-state index in [1.54, 1.807) is 0 Å². The summed E-state index contributed by atoms with van der Waals surface area (Å²) in [4.78, 5) is 22.1. The first-order chi connectivity index (χ1) is 9.36. The minimum Gasteiger partial charge on any atom is -0.396 e. The molecule has 0 saturated carbocycles. The number of nitro benzene ring substituents is 1. The largest absolute Gasteiger partial charge is 0.396 e. The Morgan fingerprint density at radius 2 is 2.15 bits per heavy atom. The lowest BCUT2D eigenvalue weighted by Gasteiger charge is -2.21. The van der Waals surface area contributed by atoms with E-state index < -0.39 is 4.92 Å². The molecule has 2 N–H and O–H groups in total. The van der Waals surface area contributed by atoms with E-state index in [1.807, 2.05) is 13.8 Å². The van der Waals surface area contributed by atoms with Gasteiger partial charge < -0.3 is 10.4 Å². The van der Waals surface area contributed by atoms with Crippen molar-refractivity contribution in [3.05, 3.63) is 38.9 Å². The zero-order valence-corrected chi connectivity index (χ0v) is 12.1. The summed E-state index contributed by atoms with van der Waals surface area (Å²) >= 11 is 5.77. The van der Waals surface area contributed by atoms with Crippen molar-refractivity contribution >= 4 is 23.2 Å². The number of carbonyl (C=O) groups is 1. The predicted octanol–water partition coefficient (Wildman–Crippen LogP) is 2.39. The Hall–Kier alpha value is -1.66. The molecule has 0 aromatic heterocycles. The summed E-state index contributed by atoms with van der Waals surface area (Å²) in [5, 5.41) is 22.3. The molecule has 1 aromatic rings. The van der Waals surface area contributed by atoms with Gasteiger partial charge in [0.05, 0.1) is 4.92 Å². The Balaban J connectivity index is 2.87. The summed E-state index contributed by atoms with van der Waals surface area (Å²) < 4.78 is 0. The number of aliphatic hydroxyl groups excluding tert-OH is 1. The van der Waals surface area contributed by atoms with Crippen LogP contribution in [0.4, 0.5) is 5.69 Å². The van der Waals surface area contributed by atoms with E-state index in [0.717, 1.165) is 0 Å². The highest BCUT2D eigenvalue weighted by Crippen LogP contribution is 2.25. The Kier molecular flexibility index (Phi) is 5.91. The lowest BCUT2D eigenvalue weighted by Crippen LogP contribution is -2.39. The highest BCUT2D eigenvalue weighted by atomic mass is 35.5. The summed E-state index contributed by atoms with van der Waals surface area (Å²) in [5.41, 5.74) is 0.0168. The van der Waals surface area contributed by atoms with Gasteiger partial charge in [-0.25, -0.2) is 0 Å². The van der Waals surface area contributed by atoms with Gasteiger partial charge in [0.15, 0.2) is 0 Å². The van der Waals surface area contributed by atoms with E-state index in [-0.39, 0.29) is 40.7 Å². The smallest absolute Gasteiger partial charge is 0.287 e. The van der Waals surface area contributed by atoms with Crippen LogP contribution < -0.4 is 5.32 Å². The first kappa shape index (κ1) is 16.4. The zero-order valence-electron chi connectivity index (χ0n) is 11.3. The quantitative estimate of drug-likeness (QED) is 0.623. The molecule has 1 aromatic carbocycles. The fourth-order valence-corrected chi connectivity index (χ4v) is 2.01. The fourth-order valence-electron chi connectivity index (χ4n) is 1.76. The second-order valence-corrected chi connectivity index (χ2v) is 5.17. The van der Waals surface area contributed by atoms with Crippen LogP contribution in [0, 0.1) is 16.0 Å². The molecule has 110 valence electrons. The lowest BCUT2D eigenvalue weighted by molar-refractivity contribution is -0.384. The molecular formula is C13H17ClN2O4. The Labute approximate surface area is 121 Å². The molecule has 6 nitrogen and oxygen atoms in total. The number of benzene rings is 1. The van der Waals surface area contributed by atoms with Crippen LogP contribution in [0.15, 0.2) is 18.2 Å². The molecular weight excluding hydrogens is 284 g/mol. The Bertz CT molecular complexity index is 505. The first-order valence-electron chi connectivity index (χ1n) is 6.22. The van der Waals surface area contributed by atoms with Gasteiger partial charge in [0.1, 0.15) is 5.02 Å². The second-order valence-electron chi connectivity index (χ2n) is 4.76. The topological polar surface area (TPSA) is 92.5 Å². The molecule has 0 spiro atoms. The van der Waals surface area contributed by atoms with Crippen LogP contribution in [-0.4, -0.2) is 28.6 Å². The van der Waals surface area contributed by atoms with Gasteiger partial charge in [-0.2, -0.15) is 0 Å². The van der Waals surface area contributed by atoms with E-state index >= 15 is 0 Å². The van der Waals surface area contributed by atoms with Crippen molar-refractivity contribution in [1.29, 1.82) is 0 Å². The predicted molar refractivity (Wildman–Crippen MR) is 75.9 cm³/mol. The molecule has 0 saturated heterocycles. The number of aliphatic hydroxyl groups is 1. The third-order valence-electron chi connectivity index (χ3n) is 2.97. The van der Waals surface area contributed by atoms with Gasteiger partial charge in [0.25, 0.3) is 11.6 Å². The van der Waals surface area contributed by atoms with E-state index in [0.29, 0.717) is 6.42 Å². The van der Waals surface area contributed by atoms with Gasteiger partial charge in [0.2, 0.25) is 0 Å². The molecule has 0 bridgehead atoms. The van der Waals surface area contributed by atoms with Gasteiger partial charge in [0, 0.05) is 24.3 Å². The molecule has 0 aliphatic carbocycles. The van der Waals surface area contributed by atoms with Gasteiger partial charge in [-0.3, -0.25) is 14.9 Å². The minimum atomic E-state index is -0.604. The summed E-state index contributed by atoms with van der Waals surface area (Å²) in [6.07, 6.45) is 0.449. The van der Waals surface area contributed by atoms with Crippen LogP contribution in [0.25, 0.3) is 0 Å². The standard InChI is InChI=1S/C13H17ClN2O4/c1-8(2)11(5-6-17)15-13(18)9-3-4-12(16(19)20)10(14)7-9/h3-4,7-8,11,17H,5-6H2,1-2H3,(H,15,18). The summed E-state index contributed by atoms with van der Waals surface area (Å²) in [5.74, 6) is -0.200. The van der Waals surface area contributed by atoms with Crippen LogP contribution in [0.2, 0.25) is 5.02 Å². The number of rotatable bonds is 6. The van der Waals surface area contributed by atoms with Crippen LogP contribution in [0.5, 0.6) is 0 Å². The molecule has 7 heteroatoms. The van der Waals surface area contributed by atoms with Crippen molar-refractivity contribution in [3.63, 3.8) is 0 Å². The Morgan fingerprint density at radius 1 is 1.50 bits per heavy atom. The maximum atomic E-state index is 12.0. The molecule has 0 radical (unpaired) electrons. The maximum absolute atomic E-state index is 12.0. The van der Waals surface area contributed by atoms with E-state index in [1.165, 1.54) is 18.2 Å². The number of hydrogen-bond acceptors (Lipinski definition) is 4. The highest BCUT2D eigenvalue weighted by molar-refractivity contribution is 6.33. The fraction of sp³-hybridized carbons (Fsp3) is 0.462. The molecule has 1 atom stereocenters. The monoisotopic (exact) mass is 300 g/mol. The third-order valence-corrected chi connectivity index (χ3v) is 3.27. The average molecular weight is 301 g/mol. The van der Waals surface area contributed by atoms with Crippen molar-refractivity contribution in [2.75, 3.05) is 6.61 Å². The summed E-state index contributed by atoms with van der Waals surface area (Å²) in [6.45, 7) is 3.84. The molecule has 1 rings (SSSR count). The number of amides is 1. The van der Waals surface area contributed by atoms with Crippen LogP contribution >= 0.6 is 11.6 Å².